The molecular weight excluding hydrogens is 493 g/mol. The van der Waals surface area contributed by atoms with Crippen molar-refractivity contribution < 1.29 is 37.1 Å². The van der Waals surface area contributed by atoms with Gasteiger partial charge in [-0.15, -0.1) is 18.2 Å². The lowest BCUT2D eigenvalue weighted by molar-refractivity contribution is -0.274. The Morgan fingerprint density at radius 3 is 2.38 bits per heavy atom. The van der Waals surface area contributed by atoms with Gasteiger partial charge in [0.1, 0.15) is 11.8 Å². The number of amides is 2. The number of carbonyl (C=O) groups is 2. The molecule has 1 aliphatic carbocycles. The number of anilines is 1. The smallest absolute Gasteiger partial charge is 0.406 e. The molecule has 3 N–H and O–H groups in total. The largest absolute Gasteiger partial charge is 0.573 e. The first-order chi connectivity index (χ1) is 17.7. The van der Waals surface area contributed by atoms with E-state index >= 15 is 0 Å². The zero-order chi connectivity index (χ0) is 26.7. The van der Waals surface area contributed by atoms with Crippen LogP contribution in [-0.4, -0.2) is 68.4 Å². The Balaban J connectivity index is 1.54. The number of nitrogens with one attached hydrogen (secondary N) is 3. The number of carbonyl (C=O) groups excluding carboxylic acids is 2. The maximum atomic E-state index is 13.2. The predicted molar refractivity (Wildman–Crippen MR) is 131 cm³/mol. The topological polar surface area (TPSA) is 101 Å². The van der Waals surface area contributed by atoms with Crippen molar-refractivity contribution >= 4 is 17.7 Å². The first-order valence-corrected chi connectivity index (χ1v) is 12.9. The zero-order valence-corrected chi connectivity index (χ0v) is 21.1. The number of halogens is 3. The molecule has 0 spiro atoms. The fraction of sp³-hybridized carbons (Fsp3) is 0.680. The van der Waals surface area contributed by atoms with E-state index in [1.807, 2.05) is 6.92 Å². The van der Waals surface area contributed by atoms with Gasteiger partial charge in [-0.2, -0.15) is 0 Å². The summed E-state index contributed by atoms with van der Waals surface area (Å²) >= 11 is 0. The van der Waals surface area contributed by atoms with Crippen LogP contribution in [-0.2, 0) is 14.4 Å². The number of morpholine rings is 1. The minimum absolute atomic E-state index is 0.260. The lowest BCUT2D eigenvalue weighted by Gasteiger charge is -2.29. The van der Waals surface area contributed by atoms with Crippen molar-refractivity contribution in [3.05, 3.63) is 24.3 Å². The van der Waals surface area contributed by atoms with Crippen LogP contribution >= 0.6 is 0 Å². The molecule has 2 aliphatic rings. The summed E-state index contributed by atoms with van der Waals surface area (Å²) in [7, 11) is 0. The van der Waals surface area contributed by atoms with Gasteiger partial charge in [-0.3, -0.25) is 4.79 Å². The van der Waals surface area contributed by atoms with E-state index in [0.717, 1.165) is 25.7 Å². The first kappa shape index (κ1) is 28.8. The van der Waals surface area contributed by atoms with Crippen LogP contribution in [0.4, 0.5) is 23.7 Å². The van der Waals surface area contributed by atoms with Gasteiger partial charge in [0.2, 0.25) is 5.91 Å². The van der Waals surface area contributed by atoms with Crippen molar-refractivity contribution in [1.29, 1.82) is 0 Å². The van der Waals surface area contributed by atoms with Gasteiger partial charge in [0.15, 0.2) is 0 Å². The second-order valence-electron chi connectivity index (χ2n) is 9.42. The molecule has 0 radical (unpaired) electrons. The average molecular weight is 531 g/mol. The summed E-state index contributed by atoms with van der Waals surface area (Å²) in [5, 5.41) is 10.4. The van der Waals surface area contributed by atoms with Gasteiger partial charge in [-0.25, -0.2) is 4.79 Å². The number of benzene rings is 1. The second-order valence-corrected chi connectivity index (χ2v) is 9.42. The fourth-order valence-electron chi connectivity index (χ4n) is 4.53. The third kappa shape index (κ3) is 10.6. The molecule has 208 valence electrons. The zero-order valence-electron chi connectivity index (χ0n) is 21.1. The monoisotopic (exact) mass is 530 g/mol. The molecule has 1 saturated carbocycles. The number of ether oxygens (including phenoxy) is 2. The number of rotatable bonds is 11. The molecule has 1 saturated heterocycles. The van der Waals surface area contributed by atoms with Gasteiger partial charge in [-0.1, -0.05) is 39.0 Å². The van der Waals surface area contributed by atoms with Crippen LogP contribution in [0.3, 0.4) is 0 Å². The highest BCUT2D eigenvalue weighted by Gasteiger charge is 2.31. The van der Waals surface area contributed by atoms with Gasteiger partial charge in [0, 0.05) is 18.3 Å². The predicted octanol–water partition coefficient (Wildman–Crippen LogP) is 4.20. The minimum atomic E-state index is -4.75. The van der Waals surface area contributed by atoms with Crippen molar-refractivity contribution in [3.8, 4) is 5.75 Å². The number of hydrogen-bond acceptors (Lipinski definition) is 7. The van der Waals surface area contributed by atoms with Gasteiger partial charge < -0.3 is 30.3 Å². The van der Waals surface area contributed by atoms with E-state index in [0.29, 0.717) is 57.3 Å². The molecule has 9 nitrogen and oxygen atoms in total. The Labute approximate surface area is 215 Å². The molecule has 12 heteroatoms. The molecule has 1 aliphatic heterocycles. The third-order valence-electron chi connectivity index (χ3n) is 6.56. The number of alkyl halides is 3. The SMILES string of the molecule is CC[C@@H](CNc1ccc(OC(F)(F)F)cc1)NC(=O)[C@H](CC1CCCCC1)NC(=O)ON1CCOCC1. The number of nitrogens with zero attached hydrogens (tertiary/aromatic N) is 1. The van der Waals surface area contributed by atoms with E-state index in [-0.39, 0.29) is 17.7 Å². The standard InChI is InChI=1S/C25H37F3N4O5/c1-2-19(17-29-20-8-10-21(11-9-20)36-25(26,27)28)30-23(33)22(16-18-6-4-3-5-7-18)31-24(34)37-32-12-14-35-15-13-32/h8-11,18-19,22,29H,2-7,12-17H2,1H3,(H,30,33)(H,31,34)/t19-,22-/m0/s1. The molecule has 2 fully saturated rings. The highest BCUT2D eigenvalue weighted by atomic mass is 19.4. The van der Waals surface area contributed by atoms with E-state index in [1.165, 1.54) is 35.7 Å². The molecular formula is C25H37F3N4O5. The Hall–Kier alpha value is -2.73. The Morgan fingerprint density at radius 2 is 1.76 bits per heavy atom. The van der Waals surface area contributed by atoms with Crippen molar-refractivity contribution in [2.24, 2.45) is 5.92 Å². The molecule has 1 aromatic rings. The second kappa shape index (κ2) is 14.3. The van der Waals surface area contributed by atoms with E-state index in [9.17, 15) is 22.8 Å². The summed E-state index contributed by atoms with van der Waals surface area (Å²) < 4.78 is 46.2. The molecule has 0 bridgehead atoms. The van der Waals surface area contributed by atoms with Crippen LogP contribution in [0.2, 0.25) is 0 Å². The van der Waals surface area contributed by atoms with Gasteiger partial charge in [-0.05, 0) is 43.0 Å². The van der Waals surface area contributed by atoms with Crippen molar-refractivity contribution in [1.82, 2.24) is 15.7 Å². The summed E-state index contributed by atoms with van der Waals surface area (Å²) in [6.07, 6.45) is 1.21. The summed E-state index contributed by atoms with van der Waals surface area (Å²) in [6, 6.07) is 4.41. The molecule has 1 heterocycles. The van der Waals surface area contributed by atoms with Crippen molar-refractivity contribution in [3.63, 3.8) is 0 Å². The quantitative estimate of drug-likeness (QED) is 0.394. The lowest BCUT2D eigenvalue weighted by Crippen LogP contribution is -2.53. The molecule has 1 aromatic carbocycles. The molecule has 37 heavy (non-hydrogen) atoms. The molecule has 0 aromatic heterocycles. The summed E-state index contributed by atoms with van der Waals surface area (Å²) in [6.45, 7) is 4.17. The van der Waals surface area contributed by atoms with Crippen LogP contribution in [0.1, 0.15) is 51.9 Å². The van der Waals surface area contributed by atoms with Gasteiger partial charge >= 0.3 is 12.5 Å². The van der Waals surface area contributed by atoms with Crippen molar-refractivity contribution in [2.75, 3.05) is 38.2 Å². The minimum Gasteiger partial charge on any atom is -0.406 e. The third-order valence-corrected chi connectivity index (χ3v) is 6.56. The van der Waals surface area contributed by atoms with Crippen LogP contribution in [0.25, 0.3) is 0 Å². The number of hydroxylamine groups is 2. The highest BCUT2D eigenvalue weighted by molar-refractivity contribution is 5.85. The molecule has 0 unspecified atom stereocenters. The van der Waals surface area contributed by atoms with Crippen LogP contribution in [0.5, 0.6) is 5.75 Å². The van der Waals surface area contributed by atoms with E-state index < -0.39 is 18.5 Å². The maximum Gasteiger partial charge on any atom is 0.573 e. The Kier molecular flexibility index (Phi) is 11.1. The van der Waals surface area contributed by atoms with E-state index in [2.05, 4.69) is 20.7 Å². The average Bonchev–Trinajstić information content (AvgIpc) is 2.87. The van der Waals surface area contributed by atoms with Gasteiger partial charge in [0.05, 0.1) is 26.3 Å². The van der Waals surface area contributed by atoms with Gasteiger partial charge in [0.25, 0.3) is 0 Å². The maximum absolute atomic E-state index is 13.2. The van der Waals surface area contributed by atoms with E-state index in [4.69, 9.17) is 9.57 Å². The molecule has 3 rings (SSSR count). The molecule has 2 atom stereocenters. The fourth-order valence-corrected chi connectivity index (χ4v) is 4.53. The summed E-state index contributed by atoms with van der Waals surface area (Å²) in [4.78, 5) is 31.2. The van der Waals surface area contributed by atoms with Crippen molar-refractivity contribution in [2.45, 2.75) is 70.3 Å². The Morgan fingerprint density at radius 1 is 1.08 bits per heavy atom. The molecule has 2 amide bonds. The number of hydrogen-bond donors (Lipinski definition) is 3. The van der Waals surface area contributed by atoms with Crippen LogP contribution < -0.4 is 20.7 Å². The van der Waals surface area contributed by atoms with E-state index in [1.54, 1.807) is 0 Å². The highest BCUT2D eigenvalue weighted by Crippen LogP contribution is 2.28. The normalized spacial score (nSPS) is 18.9. The Bertz CT molecular complexity index is 844. The summed E-state index contributed by atoms with van der Waals surface area (Å²) in [5.41, 5.74) is 0.591. The van der Waals surface area contributed by atoms with Crippen LogP contribution in [0.15, 0.2) is 24.3 Å². The first-order valence-electron chi connectivity index (χ1n) is 12.9. The van der Waals surface area contributed by atoms with Crippen LogP contribution in [0, 0.1) is 5.92 Å². The lowest BCUT2D eigenvalue weighted by atomic mass is 9.84. The summed E-state index contributed by atoms with van der Waals surface area (Å²) in [5.74, 6) is -0.241.